The highest BCUT2D eigenvalue weighted by molar-refractivity contribution is 6.05. The number of hydrogen-bond donors (Lipinski definition) is 3. The number of carbonyl (C=O) groups excluding carboxylic acids is 2. The lowest BCUT2D eigenvalue weighted by Gasteiger charge is -2.21. The van der Waals surface area contributed by atoms with Gasteiger partial charge in [0.2, 0.25) is 5.91 Å². The summed E-state index contributed by atoms with van der Waals surface area (Å²) < 4.78 is 5.56. The van der Waals surface area contributed by atoms with E-state index in [4.69, 9.17) is 4.74 Å². The second-order valence-corrected chi connectivity index (χ2v) is 10.1. The average molecular weight is 500 g/mol. The number of methoxy groups -OCH3 is 1. The first-order chi connectivity index (χ1) is 17.6. The molecule has 0 bridgehead atoms. The van der Waals surface area contributed by atoms with Crippen LogP contribution in [0.2, 0.25) is 0 Å². The first-order valence-electron chi connectivity index (χ1n) is 12.1. The molecule has 0 radical (unpaired) electrons. The third-order valence-corrected chi connectivity index (χ3v) is 5.97. The molecule has 0 fully saturated rings. The SMILES string of the molecule is COc1ccccc1-c1c[nH]c2ncc(-c3ccc(NC(=O)CNC(C)(C)C)c(C(=O)N(C)C)c3)cc12. The molecule has 8 heteroatoms. The fourth-order valence-corrected chi connectivity index (χ4v) is 4.04. The zero-order valence-corrected chi connectivity index (χ0v) is 22.1. The Morgan fingerprint density at radius 2 is 1.78 bits per heavy atom. The normalized spacial score (nSPS) is 11.4. The largest absolute Gasteiger partial charge is 0.496 e. The van der Waals surface area contributed by atoms with E-state index < -0.39 is 0 Å². The molecular formula is C29H33N5O3. The van der Waals surface area contributed by atoms with Gasteiger partial charge in [-0.2, -0.15) is 0 Å². The number of aromatic amines is 1. The van der Waals surface area contributed by atoms with Crippen molar-refractivity contribution < 1.29 is 14.3 Å². The van der Waals surface area contributed by atoms with Crippen molar-refractivity contribution in [3.8, 4) is 28.0 Å². The van der Waals surface area contributed by atoms with Crippen LogP contribution in [0.5, 0.6) is 5.75 Å². The lowest BCUT2D eigenvalue weighted by molar-refractivity contribution is -0.115. The molecule has 0 aliphatic heterocycles. The number of rotatable bonds is 7. The standard InChI is InChI=1S/C29H33N5O3/c1-29(2,3)32-17-26(35)33-24-12-11-18(13-22(24)28(36)34(4)5)19-14-21-23(16-31-27(21)30-15-19)20-9-7-8-10-25(20)37-6/h7-16,32H,17H2,1-6H3,(H,30,31)(H,33,35). The van der Waals surface area contributed by atoms with E-state index >= 15 is 0 Å². The minimum atomic E-state index is -0.215. The number of para-hydroxylation sites is 1. The van der Waals surface area contributed by atoms with E-state index in [2.05, 4.69) is 20.6 Å². The summed E-state index contributed by atoms with van der Waals surface area (Å²) in [6.07, 6.45) is 3.69. The maximum atomic E-state index is 13.1. The van der Waals surface area contributed by atoms with Gasteiger partial charge in [-0.1, -0.05) is 24.3 Å². The van der Waals surface area contributed by atoms with Crippen molar-refractivity contribution in [2.24, 2.45) is 0 Å². The molecule has 0 aliphatic rings. The molecule has 4 rings (SSSR count). The van der Waals surface area contributed by atoms with Gasteiger partial charge >= 0.3 is 0 Å². The highest BCUT2D eigenvalue weighted by Crippen LogP contribution is 2.36. The minimum Gasteiger partial charge on any atom is -0.496 e. The number of pyridine rings is 1. The molecule has 2 aromatic carbocycles. The van der Waals surface area contributed by atoms with Gasteiger partial charge in [0.25, 0.3) is 5.91 Å². The number of amides is 2. The van der Waals surface area contributed by atoms with Crippen LogP contribution in [0.1, 0.15) is 31.1 Å². The van der Waals surface area contributed by atoms with E-state index in [1.54, 1.807) is 39.5 Å². The summed E-state index contributed by atoms with van der Waals surface area (Å²) in [5.74, 6) is 0.354. The van der Waals surface area contributed by atoms with Crippen LogP contribution in [-0.4, -0.2) is 60.0 Å². The van der Waals surface area contributed by atoms with E-state index in [-0.39, 0.29) is 23.9 Å². The zero-order valence-electron chi connectivity index (χ0n) is 22.1. The topological polar surface area (TPSA) is 99.3 Å². The van der Waals surface area contributed by atoms with Crippen LogP contribution in [0.3, 0.4) is 0 Å². The Balaban J connectivity index is 1.73. The van der Waals surface area contributed by atoms with Crippen LogP contribution in [0.25, 0.3) is 33.3 Å². The second-order valence-electron chi connectivity index (χ2n) is 10.1. The monoisotopic (exact) mass is 499 g/mol. The molecule has 3 N–H and O–H groups in total. The molecule has 2 amide bonds. The lowest BCUT2D eigenvalue weighted by Crippen LogP contribution is -2.41. The fraction of sp³-hybridized carbons (Fsp3) is 0.276. The fourth-order valence-electron chi connectivity index (χ4n) is 4.04. The Labute approximate surface area is 217 Å². The summed E-state index contributed by atoms with van der Waals surface area (Å²) >= 11 is 0. The summed E-state index contributed by atoms with van der Waals surface area (Å²) in [6.45, 7) is 6.11. The number of nitrogens with zero attached hydrogens (tertiary/aromatic N) is 2. The maximum absolute atomic E-state index is 13.1. The lowest BCUT2D eigenvalue weighted by atomic mass is 9.99. The number of fused-ring (bicyclic) bond motifs is 1. The van der Waals surface area contributed by atoms with Crippen molar-refractivity contribution in [2.75, 3.05) is 33.1 Å². The molecular weight excluding hydrogens is 466 g/mol. The average Bonchev–Trinajstić information content (AvgIpc) is 3.30. The molecule has 2 heterocycles. The summed E-state index contributed by atoms with van der Waals surface area (Å²) in [6, 6.07) is 15.3. The summed E-state index contributed by atoms with van der Waals surface area (Å²) in [5.41, 5.74) is 5.03. The molecule has 8 nitrogen and oxygen atoms in total. The van der Waals surface area contributed by atoms with Gasteiger partial charge in [0.1, 0.15) is 11.4 Å². The molecule has 0 unspecified atom stereocenters. The van der Waals surface area contributed by atoms with Crippen LogP contribution in [0.4, 0.5) is 5.69 Å². The van der Waals surface area contributed by atoms with Gasteiger partial charge in [-0.05, 0) is 50.6 Å². The van der Waals surface area contributed by atoms with E-state index in [0.29, 0.717) is 11.3 Å². The highest BCUT2D eigenvalue weighted by Gasteiger charge is 2.19. The number of benzene rings is 2. The van der Waals surface area contributed by atoms with Crippen molar-refractivity contribution in [2.45, 2.75) is 26.3 Å². The molecule has 0 atom stereocenters. The third kappa shape index (κ3) is 5.81. The van der Waals surface area contributed by atoms with Crippen molar-refractivity contribution in [3.05, 3.63) is 66.5 Å². The van der Waals surface area contributed by atoms with E-state index in [1.807, 2.05) is 63.4 Å². The van der Waals surface area contributed by atoms with Crippen LogP contribution < -0.4 is 15.4 Å². The molecule has 37 heavy (non-hydrogen) atoms. The Morgan fingerprint density at radius 1 is 1.03 bits per heavy atom. The minimum absolute atomic E-state index is 0.140. The van der Waals surface area contributed by atoms with E-state index in [0.717, 1.165) is 39.0 Å². The number of aromatic nitrogens is 2. The number of H-pyrrole nitrogens is 1. The highest BCUT2D eigenvalue weighted by atomic mass is 16.5. The number of ether oxygens (including phenoxy) is 1. The van der Waals surface area contributed by atoms with E-state index in [9.17, 15) is 9.59 Å². The van der Waals surface area contributed by atoms with Crippen LogP contribution in [0, 0.1) is 0 Å². The number of nitrogens with one attached hydrogen (secondary N) is 3. The summed E-state index contributed by atoms with van der Waals surface area (Å²) in [5, 5.41) is 6.99. The van der Waals surface area contributed by atoms with Gasteiger partial charge < -0.3 is 25.3 Å². The molecule has 4 aromatic rings. The molecule has 0 spiro atoms. The van der Waals surface area contributed by atoms with Crippen LogP contribution in [-0.2, 0) is 4.79 Å². The second kappa shape index (κ2) is 10.4. The summed E-state index contributed by atoms with van der Waals surface area (Å²) in [7, 11) is 5.03. The number of hydrogen-bond acceptors (Lipinski definition) is 5. The number of carbonyl (C=O) groups is 2. The molecule has 0 saturated heterocycles. The smallest absolute Gasteiger partial charge is 0.255 e. The first kappa shape index (κ1) is 25.9. The Hall–Kier alpha value is -4.17. The Kier molecular flexibility index (Phi) is 7.31. The molecule has 2 aromatic heterocycles. The van der Waals surface area contributed by atoms with Crippen molar-refractivity contribution >= 4 is 28.5 Å². The van der Waals surface area contributed by atoms with Gasteiger partial charge in [0.05, 0.1) is 24.9 Å². The maximum Gasteiger partial charge on any atom is 0.255 e. The van der Waals surface area contributed by atoms with Crippen molar-refractivity contribution in [1.82, 2.24) is 20.2 Å². The zero-order chi connectivity index (χ0) is 26.7. The molecule has 192 valence electrons. The van der Waals surface area contributed by atoms with Crippen LogP contribution >= 0.6 is 0 Å². The van der Waals surface area contributed by atoms with Gasteiger partial charge in [-0.3, -0.25) is 9.59 Å². The van der Waals surface area contributed by atoms with Crippen LogP contribution in [0.15, 0.2) is 60.9 Å². The predicted molar refractivity (Wildman–Crippen MR) is 148 cm³/mol. The Morgan fingerprint density at radius 3 is 2.49 bits per heavy atom. The van der Waals surface area contributed by atoms with Crippen molar-refractivity contribution in [1.29, 1.82) is 0 Å². The van der Waals surface area contributed by atoms with Gasteiger partial charge in [0, 0.05) is 54.1 Å². The molecule has 0 saturated carbocycles. The van der Waals surface area contributed by atoms with Crippen molar-refractivity contribution in [3.63, 3.8) is 0 Å². The van der Waals surface area contributed by atoms with Gasteiger partial charge in [0.15, 0.2) is 0 Å². The first-order valence-corrected chi connectivity index (χ1v) is 12.1. The molecule has 0 aliphatic carbocycles. The predicted octanol–water partition coefficient (Wildman–Crippen LogP) is 4.93. The summed E-state index contributed by atoms with van der Waals surface area (Å²) in [4.78, 5) is 35.0. The quantitative estimate of drug-likeness (QED) is 0.335. The van der Waals surface area contributed by atoms with Gasteiger partial charge in [-0.15, -0.1) is 0 Å². The Bertz CT molecular complexity index is 1450. The third-order valence-electron chi connectivity index (χ3n) is 5.97. The van der Waals surface area contributed by atoms with Gasteiger partial charge in [-0.25, -0.2) is 4.98 Å². The van der Waals surface area contributed by atoms with E-state index in [1.165, 1.54) is 4.90 Å². The number of anilines is 1.